The summed E-state index contributed by atoms with van der Waals surface area (Å²) < 4.78 is 28.2. The van der Waals surface area contributed by atoms with Gasteiger partial charge in [-0.25, -0.2) is 13.1 Å². The van der Waals surface area contributed by atoms with Crippen molar-refractivity contribution in [2.24, 2.45) is 0 Å². The molecule has 0 unspecified atom stereocenters. The standard InChI is InChI=1S/C23H26N2O2S/c26-28(27,23-12-11-21-9-2-3-10-22(21)16-23)24-17-19-7-6-8-20(15-19)18-25-13-4-1-5-14-25/h2-3,6-12,15-16,24H,1,4-5,13-14,17-18H2. The summed E-state index contributed by atoms with van der Waals surface area (Å²) in [6.45, 7) is 3.53. The third-order valence-electron chi connectivity index (χ3n) is 5.34. The lowest BCUT2D eigenvalue weighted by molar-refractivity contribution is 0.221. The van der Waals surface area contributed by atoms with Crippen LogP contribution in [0.2, 0.25) is 0 Å². The van der Waals surface area contributed by atoms with Gasteiger partial charge >= 0.3 is 0 Å². The molecule has 0 bridgehead atoms. The minimum absolute atomic E-state index is 0.295. The molecule has 3 aromatic carbocycles. The van der Waals surface area contributed by atoms with Gasteiger partial charge in [-0.05, 0) is 60.0 Å². The Bertz CT molecular complexity index is 1060. The molecule has 1 aliphatic rings. The zero-order valence-electron chi connectivity index (χ0n) is 16.0. The van der Waals surface area contributed by atoms with E-state index in [1.165, 1.54) is 24.8 Å². The Morgan fingerprint density at radius 3 is 2.36 bits per heavy atom. The van der Waals surface area contributed by atoms with Crippen LogP contribution < -0.4 is 4.72 Å². The lowest BCUT2D eigenvalue weighted by atomic mass is 10.1. The molecule has 3 aromatic rings. The van der Waals surface area contributed by atoms with Crippen molar-refractivity contribution >= 4 is 20.8 Å². The number of fused-ring (bicyclic) bond motifs is 1. The van der Waals surface area contributed by atoms with E-state index >= 15 is 0 Å². The Hall–Kier alpha value is -2.21. The maximum Gasteiger partial charge on any atom is 0.240 e. The fourth-order valence-corrected chi connectivity index (χ4v) is 4.86. The molecule has 1 heterocycles. The molecule has 4 nitrogen and oxygen atoms in total. The summed E-state index contributed by atoms with van der Waals surface area (Å²) in [7, 11) is -3.55. The lowest BCUT2D eigenvalue weighted by Gasteiger charge is -2.26. The highest BCUT2D eigenvalue weighted by Crippen LogP contribution is 2.19. The van der Waals surface area contributed by atoms with Crippen LogP contribution in [0.4, 0.5) is 0 Å². The number of benzene rings is 3. The molecular formula is C23H26N2O2S. The minimum atomic E-state index is -3.55. The van der Waals surface area contributed by atoms with Gasteiger partial charge in [0.15, 0.2) is 0 Å². The Morgan fingerprint density at radius 1 is 0.786 bits per heavy atom. The zero-order chi connectivity index (χ0) is 19.4. The van der Waals surface area contributed by atoms with E-state index < -0.39 is 10.0 Å². The fourth-order valence-electron chi connectivity index (χ4n) is 3.81. The van der Waals surface area contributed by atoms with Crippen molar-refractivity contribution in [3.05, 3.63) is 77.9 Å². The zero-order valence-corrected chi connectivity index (χ0v) is 16.8. The Kier molecular flexibility index (Phi) is 5.76. The molecule has 0 aliphatic carbocycles. The van der Waals surface area contributed by atoms with Crippen LogP contribution in [0.25, 0.3) is 10.8 Å². The smallest absolute Gasteiger partial charge is 0.240 e. The Balaban J connectivity index is 1.44. The SMILES string of the molecule is O=S(=O)(NCc1cccc(CN2CCCCC2)c1)c1ccc2ccccc2c1. The molecule has 0 spiro atoms. The van der Waals surface area contributed by atoms with Gasteiger partial charge in [0.05, 0.1) is 4.90 Å². The first-order chi connectivity index (χ1) is 13.6. The van der Waals surface area contributed by atoms with Crippen molar-refractivity contribution in [2.75, 3.05) is 13.1 Å². The van der Waals surface area contributed by atoms with E-state index in [9.17, 15) is 8.42 Å². The summed E-state index contributed by atoms with van der Waals surface area (Å²) in [5, 5.41) is 1.96. The third kappa shape index (κ3) is 4.61. The first-order valence-electron chi connectivity index (χ1n) is 9.89. The molecule has 28 heavy (non-hydrogen) atoms. The lowest BCUT2D eigenvalue weighted by Crippen LogP contribution is -2.29. The highest BCUT2D eigenvalue weighted by molar-refractivity contribution is 7.89. The summed E-state index contributed by atoms with van der Waals surface area (Å²) in [5.74, 6) is 0. The topological polar surface area (TPSA) is 49.4 Å². The molecule has 0 amide bonds. The number of piperidine rings is 1. The Labute approximate surface area is 167 Å². The molecule has 146 valence electrons. The van der Waals surface area contributed by atoms with E-state index in [2.05, 4.69) is 21.8 Å². The van der Waals surface area contributed by atoms with Gasteiger partial charge in [-0.2, -0.15) is 0 Å². The molecule has 0 radical (unpaired) electrons. The summed E-state index contributed by atoms with van der Waals surface area (Å²) >= 11 is 0. The van der Waals surface area contributed by atoms with E-state index in [-0.39, 0.29) is 0 Å². The van der Waals surface area contributed by atoms with E-state index in [0.29, 0.717) is 11.4 Å². The third-order valence-corrected chi connectivity index (χ3v) is 6.74. The predicted molar refractivity (Wildman–Crippen MR) is 114 cm³/mol. The van der Waals surface area contributed by atoms with Gasteiger partial charge in [0.1, 0.15) is 0 Å². The van der Waals surface area contributed by atoms with Crippen molar-refractivity contribution in [1.29, 1.82) is 0 Å². The molecule has 1 N–H and O–H groups in total. The number of rotatable bonds is 6. The van der Waals surface area contributed by atoms with Crippen LogP contribution in [0.3, 0.4) is 0 Å². The largest absolute Gasteiger partial charge is 0.299 e. The first-order valence-corrected chi connectivity index (χ1v) is 11.4. The second-order valence-electron chi connectivity index (χ2n) is 7.49. The van der Waals surface area contributed by atoms with Gasteiger partial charge in [0, 0.05) is 13.1 Å². The molecular weight excluding hydrogens is 368 g/mol. The van der Waals surface area contributed by atoms with Crippen LogP contribution in [0, 0.1) is 0 Å². The average Bonchev–Trinajstić information content (AvgIpc) is 2.73. The van der Waals surface area contributed by atoms with E-state index in [1.54, 1.807) is 12.1 Å². The maximum absolute atomic E-state index is 12.7. The average molecular weight is 395 g/mol. The first kappa shape index (κ1) is 19.1. The van der Waals surface area contributed by atoms with Gasteiger partial charge in [-0.1, -0.05) is 61.0 Å². The summed E-state index contributed by atoms with van der Waals surface area (Å²) in [6.07, 6.45) is 3.86. The van der Waals surface area contributed by atoms with Crippen LogP contribution in [0.15, 0.2) is 71.6 Å². The molecule has 1 aliphatic heterocycles. The van der Waals surface area contributed by atoms with E-state index in [0.717, 1.165) is 36.0 Å². The van der Waals surface area contributed by atoms with Gasteiger partial charge in [0.25, 0.3) is 0 Å². The highest BCUT2D eigenvalue weighted by Gasteiger charge is 2.15. The predicted octanol–water partition coefficient (Wildman–Crippen LogP) is 4.30. The molecule has 1 saturated heterocycles. The monoisotopic (exact) mass is 394 g/mol. The second kappa shape index (κ2) is 8.43. The molecule has 0 aromatic heterocycles. The Morgan fingerprint density at radius 2 is 1.54 bits per heavy atom. The quantitative estimate of drug-likeness (QED) is 0.678. The van der Waals surface area contributed by atoms with Gasteiger partial charge in [0.2, 0.25) is 10.0 Å². The maximum atomic E-state index is 12.7. The van der Waals surface area contributed by atoms with Crippen molar-refractivity contribution in [1.82, 2.24) is 9.62 Å². The van der Waals surface area contributed by atoms with Crippen LogP contribution in [-0.2, 0) is 23.1 Å². The molecule has 0 atom stereocenters. The van der Waals surface area contributed by atoms with Gasteiger partial charge < -0.3 is 0 Å². The molecule has 4 rings (SSSR count). The van der Waals surface area contributed by atoms with Crippen LogP contribution in [-0.4, -0.2) is 26.4 Å². The van der Waals surface area contributed by atoms with Crippen LogP contribution in [0.5, 0.6) is 0 Å². The summed E-state index contributed by atoms with van der Waals surface area (Å²) in [6, 6.07) is 21.2. The molecule has 5 heteroatoms. The van der Waals surface area contributed by atoms with Crippen LogP contribution in [0.1, 0.15) is 30.4 Å². The number of likely N-dealkylation sites (tertiary alicyclic amines) is 1. The fraction of sp³-hybridized carbons (Fsp3) is 0.304. The highest BCUT2D eigenvalue weighted by atomic mass is 32.2. The van der Waals surface area contributed by atoms with Crippen molar-refractivity contribution in [2.45, 2.75) is 37.2 Å². The number of nitrogens with one attached hydrogen (secondary N) is 1. The number of sulfonamides is 1. The summed E-state index contributed by atoms with van der Waals surface area (Å²) in [4.78, 5) is 2.78. The van der Waals surface area contributed by atoms with E-state index in [4.69, 9.17) is 0 Å². The number of hydrogen-bond donors (Lipinski definition) is 1. The minimum Gasteiger partial charge on any atom is -0.299 e. The number of hydrogen-bond acceptors (Lipinski definition) is 3. The van der Waals surface area contributed by atoms with Gasteiger partial charge in [-0.3, -0.25) is 4.90 Å². The van der Waals surface area contributed by atoms with Crippen molar-refractivity contribution < 1.29 is 8.42 Å². The van der Waals surface area contributed by atoms with Gasteiger partial charge in [-0.15, -0.1) is 0 Å². The normalized spacial score (nSPS) is 15.7. The summed E-state index contributed by atoms with van der Waals surface area (Å²) in [5.41, 5.74) is 2.23. The van der Waals surface area contributed by atoms with Crippen molar-refractivity contribution in [3.63, 3.8) is 0 Å². The molecule has 0 saturated carbocycles. The van der Waals surface area contributed by atoms with Crippen LogP contribution >= 0.6 is 0 Å². The van der Waals surface area contributed by atoms with Crippen molar-refractivity contribution in [3.8, 4) is 0 Å². The second-order valence-corrected chi connectivity index (χ2v) is 9.26. The molecule has 1 fully saturated rings. The number of nitrogens with zero attached hydrogens (tertiary/aromatic N) is 1. The van der Waals surface area contributed by atoms with E-state index in [1.807, 2.05) is 42.5 Å².